The maximum atomic E-state index is 12.3. The highest BCUT2D eigenvalue weighted by molar-refractivity contribution is 5.92. The van der Waals surface area contributed by atoms with Crippen LogP contribution in [-0.2, 0) is 0 Å². The summed E-state index contributed by atoms with van der Waals surface area (Å²) < 4.78 is 1.70. The first kappa shape index (κ1) is 14.7. The topological polar surface area (TPSA) is 80.0 Å². The van der Waals surface area contributed by atoms with Crippen LogP contribution in [0.2, 0.25) is 0 Å². The normalized spacial score (nSPS) is 21.5. The number of hydrogen-bond acceptors (Lipinski definition) is 4. The van der Waals surface area contributed by atoms with Crippen LogP contribution >= 0.6 is 0 Å². The van der Waals surface area contributed by atoms with Crippen molar-refractivity contribution in [2.75, 3.05) is 6.61 Å². The van der Waals surface area contributed by atoms with E-state index in [4.69, 9.17) is 5.11 Å². The highest BCUT2D eigenvalue weighted by Crippen LogP contribution is 2.23. The van der Waals surface area contributed by atoms with E-state index in [0.717, 1.165) is 31.4 Å². The maximum Gasteiger partial charge on any atom is 0.270 e. The van der Waals surface area contributed by atoms with E-state index in [0.29, 0.717) is 11.6 Å². The standard InChI is InChI=1S/C16H20N4O2/c21-11-12-2-4-13(5-3-12)19-16(22)15-10-14(6-8-17-15)20-9-1-7-18-20/h1,6-10,12-13,21H,2-5,11H2,(H,19,22). The van der Waals surface area contributed by atoms with Gasteiger partial charge in [-0.25, -0.2) is 4.68 Å². The molecule has 1 saturated carbocycles. The molecular formula is C16H20N4O2. The monoisotopic (exact) mass is 300 g/mol. The minimum atomic E-state index is -0.151. The minimum Gasteiger partial charge on any atom is -0.396 e. The van der Waals surface area contributed by atoms with Crippen LogP contribution < -0.4 is 5.32 Å². The molecule has 3 rings (SSSR count). The third-order valence-corrected chi connectivity index (χ3v) is 4.19. The number of rotatable bonds is 4. The van der Waals surface area contributed by atoms with Gasteiger partial charge in [0.1, 0.15) is 5.69 Å². The number of aliphatic hydroxyl groups is 1. The smallest absolute Gasteiger partial charge is 0.270 e. The zero-order chi connectivity index (χ0) is 15.4. The second kappa shape index (κ2) is 6.70. The van der Waals surface area contributed by atoms with Gasteiger partial charge in [0.05, 0.1) is 5.69 Å². The Morgan fingerprint density at radius 1 is 1.32 bits per heavy atom. The Labute approximate surface area is 129 Å². The molecule has 2 N–H and O–H groups in total. The molecule has 0 atom stereocenters. The van der Waals surface area contributed by atoms with Crippen LogP contribution in [0.1, 0.15) is 36.2 Å². The highest BCUT2D eigenvalue weighted by Gasteiger charge is 2.22. The summed E-state index contributed by atoms with van der Waals surface area (Å²) in [7, 11) is 0. The van der Waals surface area contributed by atoms with Crippen LogP contribution in [0.15, 0.2) is 36.8 Å². The van der Waals surface area contributed by atoms with Crippen molar-refractivity contribution in [3.8, 4) is 5.69 Å². The van der Waals surface area contributed by atoms with Crippen molar-refractivity contribution in [2.24, 2.45) is 5.92 Å². The molecule has 0 aromatic carbocycles. The molecule has 2 heterocycles. The zero-order valence-corrected chi connectivity index (χ0v) is 12.4. The van der Waals surface area contributed by atoms with Crippen LogP contribution in [-0.4, -0.2) is 38.4 Å². The van der Waals surface area contributed by atoms with Gasteiger partial charge in [0.15, 0.2) is 0 Å². The fourth-order valence-electron chi connectivity index (χ4n) is 2.86. The summed E-state index contributed by atoms with van der Waals surface area (Å²) in [6.45, 7) is 0.244. The Hall–Kier alpha value is -2.21. The van der Waals surface area contributed by atoms with E-state index in [1.165, 1.54) is 0 Å². The summed E-state index contributed by atoms with van der Waals surface area (Å²) in [6, 6.07) is 5.56. The van der Waals surface area contributed by atoms with E-state index < -0.39 is 0 Å². The van der Waals surface area contributed by atoms with Crippen LogP contribution in [0.3, 0.4) is 0 Å². The lowest BCUT2D eigenvalue weighted by Gasteiger charge is -2.27. The summed E-state index contributed by atoms with van der Waals surface area (Å²) in [4.78, 5) is 16.5. The third-order valence-electron chi connectivity index (χ3n) is 4.19. The zero-order valence-electron chi connectivity index (χ0n) is 12.4. The largest absolute Gasteiger partial charge is 0.396 e. The van der Waals surface area contributed by atoms with Gasteiger partial charge in [-0.3, -0.25) is 9.78 Å². The summed E-state index contributed by atoms with van der Waals surface area (Å²) in [6.07, 6.45) is 8.89. The molecule has 116 valence electrons. The first-order valence-electron chi connectivity index (χ1n) is 7.64. The van der Waals surface area contributed by atoms with Crippen LogP contribution in [0, 0.1) is 5.92 Å². The van der Waals surface area contributed by atoms with Gasteiger partial charge in [-0.15, -0.1) is 0 Å². The number of nitrogens with one attached hydrogen (secondary N) is 1. The maximum absolute atomic E-state index is 12.3. The molecule has 0 bridgehead atoms. The van der Waals surface area contributed by atoms with Gasteiger partial charge < -0.3 is 10.4 Å². The Bertz CT molecular complexity index is 619. The number of hydrogen-bond donors (Lipinski definition) is 2. The fourth-order valence-corrected chi connectivity index (χ4v) is 2.86. The van der Waals surface area contributed by atoms with Gasteiger partial charge in [0, 0.05) is 31.2 Å². The predicted molar refractivity (Wildman–Crippen MR) is 81.7 cm³/mol. The predicted octanol–water partition coefficient (Wildman–Crippen LogP) is 1.55. The van der Waals surface area contributed by atoms with Crippen molar-refractivity contribution in [2.45, 2.75) is 31.7 Å². The molecule has 0 aliphatic heterocycles. The molecule has 22 heavy (non-hydrogen) atoms. The molecule has 2 aromatic heterocycles. The molecule has 0 spiro atoms. The van der Waals surface area contributed by atoms with E-state index in [1.807, 2.05) is 18.3 Å². The van der Waals surface area contributed by atoms with Gasteiger partial charge in [-0.2, -0.15) is 5.10 Å². The summed E-state index contributed by atoms with van der Waals surface area (Å²) in [5.74, 6) is 0.232. The molecule has 6 nitrogen and oxygen atoms in total. The van der Waals surface area contributed by atoms with E-state index in [1.54, 1.807) is 23.1 Å². The number of carbonyl (C=O) groups is 1. The van der Waals surface area contributed by atoms with E-state index in [2.05, 4.69) is 15.4 Å². The number of amides is 1. The van der Waals surface area contributed by atoms with Gasteiger partial charge in [0.2, 0.25) is 0 Å². The molecule has 1 aliphatic carbocycles. The average Bonchev–Trinajstić information content (AvgIpc) is 3.10. The van der Waals surface area contributed by atoms with Gasteiger partial charge in [-0.1, -0.05) is 0 Å². The van der Waals surface area contributed by atoms with Crippen molar-refractivity contribution < 1.29 is 9.90 Å². The highest BCUT2D eigenvalue weighted by atomic mass is 16.3. The molecule has 0 radical (unpaired) electrons. The summed E-state index contributed by atoms with van der Waals surface area (Å²) in [5.41, 5.74) is 1.21. The van der Waals surface area contributed by atoms with Gasteiger partial charge >= 0.3 is 0 Å². The Balaban J connectivity index is 1.64. The lowest BCUT2D eigenvalue weighted by Crippen LogP contribution is -2.38. The molecule has 0 saturated heterocycles. The van der Waals surface area contributed by atoms with E-state index in [-0.39, 0.29) is 18.6 Å². The molecule has 1 amide bonds. The first-order chi connectivity index (χ1) is 10.8. The van der Waals surface area contributed by atoms with Crippen molar-refractivity contribution in [1.82, 2.24) is 20.1 Å². The van der Waals surface area contributed by atoms with Crippen LogP contribution in [0.4, 0.5) is 0 Å². The first-order valence-corrected chi connectivity index (χ1v) is 7.64. The number of nitrogens with zero attached hydrogens (tertiary/aromatic N) is 3. The minimum absolute atomic E-state index is 0.151. The Kier molecular flexibility index (Phi) is 4.48. The average molecular weight is 300 g/mol. The number of carbonyl (C=O) groups excluding carboxylic acids is 1. The van der Waals surface area contributed by atoms with Crippen molar-refractivity contribution >= 4 is 5.91 Å². The Morgan fingerprint density at radius 2 is 2.14 bits per heavy atom. The van der Waals surface area contributed by atoms with Gasteiger partial charge in [-0.05, 0) is 49.8 Å². The second-order valence-electron chi connectivity index (χ2n) is 5.72. The van der Waals surface area contributed by atoms with E-state index in [9.17, 15) is 4.79 Å². The third kappa shape index (κ3) is 3.33. The molecule has 6 heteroatoms. The number of aliphatic hydroxyl groups excluding tert-OH is 1. The Morgan fingerprint density at radius 3 is 2.82 bits per heavy atom. The second-order valence-corrected chi connectivity index (χ2v) is 5.72. The molecule has 2 aromatic rings. The summed E-state index contributed by atoms with van der Waals surface area (Å²) >= 11 is 0. The molecule has 0 unspecified atom stereocenters. The fraction of sp³-hybridized carbons (Fsp3) is 0.438. The molecule has 1 fully saturated rings. The van der Waals surface area contributed by atoms with Crippen molar-refractivity contribution in [3.63, 3.8) is 0 Å². The van der Waals surface area contributed by atoms with Crippen LogP contribution in [0.5, 0.6) is 0 Å². The molecular weight excluding hydrogens is 280 g/mol. The number of pyridine rings is 1. The molecule has 1 aliphatic rings. The van der Waals surface area contributed by atoms with Crippen molar-refractivity contribution in [3.05, 3.63) is 42.5 Å². The quantitative estimate of drug-likeness (QED) is 0.898. The van der Waals surface area contributed by atoms with E-state index >= 15 is 0 Å². The van der Waals surface area contributed by atoms with Gasteiger partial charge in [0.25, 0.3) is 5.91 Å². The van der Waals surface area contributed by atoms with Crippen LogP contribution in [0.25, 0.3) is 5.69 Å². The van der Waals surface area contributed by atoms with Crippen molar-refractivity contribution in [1.29, 1.82) is 0 Å². The SMILES string of the molecule is O=C(NC1CCC(CO)CC1)c1cc(-n2cccn2)ccn1. The lowest BCUT2D eigenvalue weighted by molar-refractivity contribution is 0.0909. The lowest BCUT2D eigenvalue weighted by atomic mass is 9.86. The summed E-state index contributed by atoms with van der Waals surface area (Å²) in [5, 5.41) is 16.3. The number of aromatic nitrogens is 3.